The third-order valence-electron chi connectivity index (χ3n) is 5.07. The lowest BCUT2D eigenvalue weighted by Gasteiger charge is -2.34. The molecule has 0 amide bonds. The van der Waals surface area contributed by atoms with Gasteiger partial charge in [0.05, 0.1) is 12.1 Å². The molecular formula is C15H21N7O. The number of anilines is 2. The summed E-state index contributed by atoms with van der Waals surface area (Å²) >= 11 is 0. The largest absolute Gasteiger partial charge is 0.391 e. The van der Waals surface area contributed by atoms with Crippen molar-refractivity contribution in [2.75, 3.05) is 30.4 Å². The average Bonchev–Trinajstić information content (AvgIpc) is 3.23. The summed E-state index contributed by atoms with van der Waals surface area (Å²) in [6.07, 6.45) is 6.33. The molecule has 0 bridgehead atoms. The highest BCUT2D eigenvalue weighted by atomic mass is 16.3. The molecular weight excluding hydrogens is 294 g/mol. The Hall–Kier alpha value is -2.22. The van der Waals surface area contributed by atoms with Gasteiger partial charge in [-0.15, -0.1) is 0 Å². The maximum atomic E-state index is 10.5. The van der Waals surface area contributed by atoms with Crippen LogP contribution in [0.4, 0.5) is 11.8 Å². The number of hydrogen-bond donors (Lipinski definition) is 2. The molecule has 2 aliphatic rings. The van der Waals surface area contributed by atoms with Gasteiger partial charge < -0.3 is 15.3 Å². The third kappa shape index (κ3) is 2.63. The number of aliphatic hydroxyl groups excluding tert-OH is 1. The van der Waals surface area contributed by atoms with Crippen molar-refractivity contribution >= 4 is 11.8 Å². The van der Waals surface area contributed by atoms with E-state index in [-0.39, 0.29) is 12.1 Å². The molecule has 0 aromatic carbocycles. The standard InChI is InChI=1S/C15H21N7O/c1-16-14-2-3-18-15(20-14)21-6-10-4-12(22-9-17-8-19-22)13(23)5-11(10)7-21/h2-3,8-13,23H,4-7H2,1H3,(H,16,18,20)/t10-,11+,12-,13-/m1/s1. The summed E-state index contributed by atoms with van der Waals surface area (Å²) in [6, 6.07) is 1.88. The lowest BCUT2D eigenvalue weighted by molar-refractivity contribution is 0.0305. The molecule has 1 saturated carbocycles. The molecule has 3 heterocycles. The molecule has 0 spiro atoms. The van der Waals surface area contributed by atoms with Crippen LogP contribution >= 0.6 is 0 Å². The predicted molar refractivity (Wildman–Crippen MR) is 85.1 cm³/mol. The van der Waals surface area contributed by atoms with Gasteiger partial charge in [0.15, 0.2) is 0 Å². The molecule has 0 radical (unpaired) electrons. The highest BCUT2D eigenvalue weighted by Gasteiger charge is 2.43. The van der Waals surface area contributed by atoms with Crippen molar-refractivity contribution in [3.63, 3.8) is 0 Å². The molecule has 23 heavy (non-hydrogen) atoms. The average molecular weight is 315 g/mol. The van der Waals surface area contributed by atoms with Crippen molar-refractivity contribution in [1.82, 2.24) is 24.7 Å². The van der Waals surface area contributed by atoms with Crippen LogP contribution in [0.3, 0.4) is 0 Å². The van der Waals surface area contributed by atoms with Crippen LogP contribution in [-0.4, -0.2) is 56.1 Å². The zero-order valence-corrected chi connectivity index (χ0v) is 13.1. The normalized spacial score (nSPS) is 30.3. The number of rotatable bonds is 3. The second kappa shape index (κ2) is 5.77. The molecule has 8 nitrogen and oxygen atoms in total. The second-order valence-electron chi connectivity index (χ2n) is 6.40. The number of hydrogen-bond acceptors (Lipinski definition) is 7. The monoisotopic (exact) mass is 315 g/mol. The zero-order chi connectivity index (χ0) is 15.8. The molecule has 122 valence electrons. The van der Waals surface area contributed by atoms with Gasteiger partial charge in [0, 0.05) is 26.3 Å². The maximum Gasteiger partial charge on any atom is 0.227 e. The SMILES string of the molecule is CNc1ccnc(N2C[C@H]3C[C@@H](n4cncn4)[C@H](O)C[C@H]3C2)n1. The van der Waals surface area contributed by atoms with Gasteiger partial charge in [-0.2, -0.15) is 10.1 Å². The summed E-state index contributed by atoms with van der Waals surface area (Å²) in [5.41, 5.74) is 0. The van der Waals surface area contributed by atoms with E-state index in [1.807, 2.05) is 13.1 Å². The number of aromatic nitrogens is 5. The van der Waals surface area contributed by atoms with Crippen LogP contribution in [0.15, 0.2) is 24.9 Å². The molecule has 2 aromatic rings. The first-order chi connectivity index (χ1) is 11.2. The molecule has 8 heteroatoms. The van der Waals surface area contributed by atoms with Crippen molar-refractivity contribution in [1.29, 1.82) is 0 Å². The van der Waals surface area contributed by atoms with E-state index in [1.165, 1.54) is 6.33 Å². The van der Waals surface area contributed by atoms with Gasteiger partial charge in [-0.05, 0) is 30.7 Å². The predicted octanol–water partition coefficient (Wildman–Crippen LogP) is 0.558. The third-order valence-corrected chi connectivity index (χ3v) is 5.07. The van der Waals surface area contributed by atoms with E-state index in [9.17, 15) is 5.11 Å². The molecule has 4 rings (SSSR count). The molecule has 2 fully saturated rings. The lowest BCUT2D eigenvalue weighted by atomic mass is 9.77. The molecule has 4 atom stereocenters. The first-order valence-corrected chi connectivity index (χ1v) is 8.02. The Morgan fingerprint density at radius 3 is 2.83 bits per heavy atom. The van der Waals surface area contributed by atoms with Crippen molar-refractivity contribution in [2.24, 2.45) is 11.8 Å². The number of nitrogens with zero attached hydrogens (tertiary/aromatic N) is 6. The van der Waals surface area contributed by atoms with Crippen LogP contribution in [0, 0.1) is 11.8 Å². The Morgan fingerprint density at radius 1 is 1.26 bits per heavy atom. The quantitative estimate of drug-likeness (QED) is 0.855. The minimum Gasteiger partial charge on any atom is -0.391 e. The minimum atomic E-state index is -0.373. The molecule has 1 saturated heterocycles. The van der Waals surface area contributed by atoms with Crippen molar-refractivity contribution in [3.05, 3.63) is 24.9 Å². The topological polar surface area (TPSA) is 92.0 Å². The van der Waals surface area contributed by atoms with E-state index in [1.54, 1.807) is 17.2 Å². The van der Waals surface area contributed by atoms with Crippen LogP contribution < -0.4 is 10.2 Å². The summed E-state index contributed by atoms with van der Waals surface area (Å²) in [5.74, 6) is 2.59. The Bertz CT molecular complexity index is 662. The Labute approximate surface area is 134 Å². The first-order valence-electron chi connectivity index (χ1n) is 8.02. The van der Waals surface area contributed by atoms with Gasteiger partial charge in [-0.3, -0.25) is 0 Å². The number of nitrogens with one attached hydrogen (secondary N) is 1. The number of fused-ring (bicyclic) bond motifs is 1. The first kappa shape index (κ1) is 14.4. The Balaban J connectivity index is 1.51. The van der Waals surface area contributed by atoms with Crippen molar-refractivity contribution in [2.45, 2.75) is 25.0 Å². The van der Waals surface area contributed by atoms with Gasteiger partial charge in [-0.1, -0.05) is 0 Å². The Morgan fingerprint density at radius 2 is 2.09 bits per heavy atom. The van der Waals surface area contributed by atoms with Crippen molar-refractivity contribution in [3.8, 4) is 0 Å². The highest BCUT2D eigenvalue weighted by molar-refractivity contribution is 5.41. The molecule has 2 N–H and O–H groups in total. The summed E-state index contributed by atoms with van der Waals surface area (Å²) in [7, 11) is 1.86. The summed E-state index contributed by atoms with van der Waals surface area (Å²) in [6.45, 7) is 1.83. The van der Waals surface area contributed by atoms with Crippen LogP contribution in [0.2, 0.25) is 0 Å². The molecule has 1 aliphatic carbocycles. The van der Waals surface area contributed by atoms with Gasteiger partial charge in [0.2, 0.25) is 5.95 Å². The maximum absolute atomic E-state index is 10.5. The van der Waals surface area contributed by atoms with E-state index >= 15 is 0 Å². The fourth-order valence-electron chi connectivity index (χ4n) is 3.88. The molecule has 1 aliphatic heterocycles. The van der Waals surface area contributed by atoms with E-state index < -0.39 is 0 Å². The van der Waals surface area contributed by atoms with Crippen LogP contribution in [0.25, 0.3) is 0 Å². The second-order valence-corrected chi connectivity index (χ2v) is 6.40. The fourth-order valence-corrected chi connectivity index (χ4v) is 3.88. The number of aliphatic hydroxyl groups is 1. The Kier molecular flexibility index (Phi) is 3.60. The smallest absolute Gasteiger partial charge is 0.227 e. The minimum absolute atomic E-state index is 0.0169. The van der Waals surface area contributed by atoms with E-state index in [4.69, 9.17) is 0 Å². The zero-order valence-electron chi connectivity index (χ0n) is 13.1. The van der Waals surface area contributed by atoms with Crippen molar-refractivity contribution < 1.29 is 5.11 Å². The van der Waals surface area contributed by atoms with Gasteiger partial charge in [0.1, 0.15) is 18.5 Å². The lowest BCUT2D eigenvalue weighted by Crippen LogP contribution is -2.36. The van der Waals surface area contributed by atoms with Gasteiger partial charge in [-0.25, -0.2) is 14.6 Å². The van der Waals surface area contributed by atoms with E-state index in [0.717, 1.165) is 37.7 Å². The van der Waals surface area contributed by atoms with Gasteiger partial charge >= 0.3 is 0 Å². The summed E-state index contributed by atoms with van der Waals surface area (Å²) in [5, 5.41) is 17.7. The van der Waals surface area contributed by atoms with Crippen LogP contribution in [0.5, 0.6) is 0 Å². The van der Waals surface area contributed by atoms with Gasteiger partial charge in [0.25, 0.3) is 0 Å². The van der Waals surface area contributed by atoms with Crippen LogP contribution in [0.1, 0.15) is 18.9 Å². The molecule has 2 aromatic heterocycles. The van der Waals surface area contributed by atoms with E-state index in [0.29, 0.717) is 11.8 Å². The highest BCUT2D eigenvalue weighted by Crippen LogP contribution is 2.41. The molecule has 0 unspecified atom stereocenters. The van der Waals surface area contributed by atoms with Crippen LogP contribution in [-0.2, 0) is 0 Å². The summed E-state index contributed by atoms with van der Waals surface area (Å²) < 4.78 is 1.79. The summed E-state index contributed by atoms with van der Waals surface area (Å²) in [4.78, 5) is 15.2. The fraction of sp³-hybridized carbons (Fsp3) is 0.600. The van der Waals surface area contributed by atoms with E-state index in [2.05, 4.69) is 30.3 Å².